The standard InChI is InChI=1S/C9H14N4.2ClH/c1-13(2)8-5-3-7(4-6-8)12-9(10)11;;/h3-6H,1-2H3,(H4,10,11,12);2*1H. The normalized spacial score (nSPS) is 8.13. The summed E-state index contributed by atoms with van der Waals surface area (Å²) in [6.07, 6.45) is 0. The molecule has 0 spiro atoms. The first kappa shape index (κ1) is 16.3. The molecule has 0 aliphatic heterocycles. The Kier molecular flexibility index (Phi) is 7.83. The summed E-state index contributed by atoms with van der Waals surface area (Å²) >= 11 is 0. The second-order valence-electron chi connectivity index (χ2n) is 2.95. The fraction of sp³-hybridized carbons (Fsp3) is 0.222. The summed E-state index contributed by atoms with van der Waals surface area (Å²) in [6.45, 7) is 0. The third-order valence-electron chi connectivity index (χ3n) is 1.62. The Morgan fingerprint density at radius 3 is 1.87 bits per heavy atom. The van der Waals surface area contributed by atoms with Gasteiger partial charge in [-0.3, -0.25) is 0 Å². The first-order valence-corrected chi connectivity index (χ1v) is 3.96. The van der Waals surface area contributed by atoms with Crippen molar-refractivity contribution in [3.05, 3.63) is 24.3 Å². The third-order valence-corrected chi connectivity index (χ3v) is 1.62. The monoisotopic (exact) mass is 250 g/mol. The van der Waals surface area contributed by atoms with E-state index in [2.05, 4.69) is 4.99 Å². The van der Waals surface area contributed by atoms with Crippen LogP contribution in [0, 0.1) is 0 Å². The molecule has 1 aromatic rings. The second kappa shape index (κ2) is 7.20. The third kappa shape index (κ3) is 5.34. The van der Waals surface area contributed by atoms with Crippen LogP contribution in [0.25, 0.3) is 0 Å². The predicted molar refractivity (Wildman–Crippen MR) is 70.7 cm³/mol. The van der Waals surface area contributed by atoms with Gasteiger partial charge in [0.25, 0.3) is 0 Å². The zero-order chi connectivity index (χ0) is 9.84. The summed E-state index contributed by atoms with van der Waals surface area (Å²) in [6, 6.07) is 7.66. The van der Waals surface area contributed by atoms with Crippen molar-refractivity contribution in [3.63, 3.8) is 0 Å². The number of nitrogens with two attached hydrogens (primary N) is 2. The lowest BCUT2D eigenvalue weighted by Gasteiger charge is -2.11. The minimum atomic E-state index is 0. The highest BCUT2D eigenvalue weighted by Gasteiger charge is 1.94. The van der Waals surface area contributed by atoms with Crippen molar-refractivity contribution in [1.82, 2.24) is 0 Å². The van der Waals surface area contributed by atoms with Gasteiger partial charge in [0.1, 0.15) is 0 Å². The van der Waals surface area contributed by atoms with Gasteiger partial charge in [0, 0.05) is 19.8 Å². The molecule has 86 valence electrons. The largest absolute Gasteiger partial charge is 0.378 e. The van der Waals surface area contributed by atoms with Gasteiger partial charge in [-0.05, 0) is 24.3 Å². The van der Waals surface area contributed by atoms with Gasteiger partial charge in [0.15, 0.2) is 5.96 Å². The van der Waals surface area contributed by atoms with Crippen molar-refractivity contribution in [1.29, 1.82) is 0 Å². The average molecular weight is 251 g/mol. The van der Waals surface area contributed by atoms with Crippen LogP contribution in [0.2, 0.25) is 0 Å². The van der Waals surface area contributed by atoms with Gasteiger partial charge < -0.3 is 16.4 Å². The quantitative estimate of drug-likeness (QED) is 0.618. The highest BCUT2D eigenvalue weighted by Crippen LogP contribution is 2.17. The lowest BCUT2D eigenvalue weighted by molar-refractivity contribution is 1.13. The van der Waals surface area contributed by atoms with Gasteiger partial charge in [-0.1, -0.05) is 0 Å². The molecule has 0 radical (unpaired) electrons. The van der Waals surface area contributed by atoms with Gasteiger partial charge in [-0.2, -0.15) is 0 Å². The van der Waals surface area contributed by atoms with Crippen LogP contribution < -0.4 is 16.4 Å². The van der Waals surface area contributed by atoms with E-state index in [0.717, 1.165) is 11.4 Å². The first-order valence-electron chi connectivity index (χ1n) is 3.96. The number of hydrogen-bond donors (Lipinski definition) is 2. The number of halogens is 2. The predicted octanol–water partition coefficient (Wildman–Crippen LogP) is 1.50. The Morgan fingerprint density at radius 1 is 1.07 bits per heavy atom. The zero-order valence-corrected chi connectivity index (χ0v) is 10.3. The SMILES string of the molecule is CN(C)c1ccc(N=C(N)N)cc1.Cl.Cl. The molecule has 0 atom stereocenters. The smallest absolute Gasteiger partial charge is 0.191 e. The van der Waals surface area contributed by atoms with Crippen molar-refractivity contribution in [2.75, 3.05) is 19.0 Å². The maximum atomic E-state index is 5.24. The molecule has 0 unspecified atom stereocenters. The molecule has 4 N–H and O–H groups in total. The Labute approximate surface area is 102 Å². The highest BCUT2D eigenvalue weighted by molar-refractivity contribution is 5.85. The molecule has 1 aromatic carbocycles. The molecule has 15 heavy (non-hydrogen) atoms. The lowest BCUT2D eigenvalue weighted by Crippen LogP contribution is -2.21. The number of anilines is 1. The number of guanidine groups is 1. The molecule has 0 saturated heterocycles. The molecular formula is C9H16Cl2N4. The summed E-state index contributed by atoms with van der Waals surface area (Å²) in [5, 5.41) is 0. The van der Waals surface area contributed by atoms with Gasteiger partial charge in [-0.15, -0.1) is 24.8 Å². The van der Waals surface area contributed by atoms with Crippen LogP contribution in [0.1, 0.15) is 0 Å². The van der Waals surface area contributed by atoms with E-state index >= 15 is 0 Å². The lowest BCUT2D eigenvalue weighted by atomic mass is 10.3. The summed E-state index contributed by atoms with van der Waals surface area (Å²) < 4.78 is 0. The molecule has 0 fully saturated rings. The van der Waals surface area contributed by atoms with Crippen LogP contribution in [0.3, 0.4) is 0 Å². The van der Waals surface area contributed by atoms with Crippen molar-refractivity contribution >= 4 is 42.1 Å². The van der Waals surface area contributed by atoms with Gasteiger partial charge in [0.05, 0.1) is 5.69 Å². The number of hydrogen-bond acceptors (Lipinski definition) is 2. The van der Waals surface area contributed by atoms with E-state index in [1.54, 1.807) is 0 Å². The van der Waals surface area contributed by atoms with Crippen LogP contribution in [-0.2, 0) is 0 Å². The Hall–Kier alpha value is -1.13. The number of benzene rings is 1. The average Bonchev–Trinajstić information content (AvgIpc) is 2.04. The molecule has 0 saturated carbocycles. The number of nitrogens with zero attached hydrogens (tertiary/aromatic N) is 2. The number of rotatable bonds is 2. The molecule has 4 nitrogen and oxygen atoms in total. The number of aliphatic imine (C=N–C) groups is 1. The molecule has 0 bridgehead atoms. The Morgan fingerprint density at radius 2 is 1.53 bits per heavy atom. The van der Waals surface area contributed by atoms with E-state index in [1.807, 2.05) is 43.3 Å². The highest BCUT2D eigenvalue weighted by atomic mass is 35.5. The summed E-state index contributed by atoms with van der Waals surface area (Å²) in [5.41, 5.74) is 12.4. The Balaban J connectivity index is 0. The minimum Gasteiger partial charge on any atom is -0.378 e. The Bertz CT molecular complexity index is 304. The summed E-state index contributed by atoms with van der Waals surface area (Å²) in [7, 11) is 3.96. The second-order valence-corrected chi connectivity index (χ2v) is 2.95. The van der Waals surface area contributed by atoms with Crippen LogP contribution in [0.15, 0.2) is 29.3 Å². The van der Waals surface area contributed by atoms with Crippen LogP contribution in [-0.4, -0.2) is 20.1 Å². The zero-order valence-electron chi connectivity index (χ0n) is 8.68. The molecular weight excluding hydrogens is 235 g/mol. The maximum absolute atomic E-state index is 5.24. The molecule has 0 amide bonds. The van der Waals surface area contributed by atoms with Gasteiger partial charge >= 0.3 is 0 Å². The first-order chi connectivity index (χ1) is 6.09. The van der Waals surface area contributed by atoms with Crippen LogP contribution in [0.4, 0.5) is 11.4 Å². The molecule has 0 aliphatic carbocycles. The van der Waals surface area contributed by atoms with Crippen molar-refractivity contribution in [2.45, 2.75) is 0 Å². The van der Waals surface area contributed by atoms with E-state index in [1.165, 1.54) is 0 Å². The van der Waals surface area contributed by atoms with E-state index in [4.69, 9.17) is 11.5 Å². The van der Waals surface area contributed by atoms with E-state index in [-0.39, 0.29) is 30.8 Å². The molecule has 0 heterocycles. The summed E-state index contributed by atoms with van der Waals surface area (Å²) in [4.78, 5) is 5.93. The fourth-order valence-corrected chi connectivity index (χ4v) is 0.974. The van der Waals surface area contributed by atoms with E-state index in [9.17, 15) is 0 Å². The fourth-order valence-electron chi connectivity index (χ4n) is 0.974. The molecule has 6 heteroatoms. The van der Waals surface area contributed by atoms with Crippen molar-refractivity contribution < 1.29 is 0 Å². The van der Waals surface area contributed by atoms with Gasteiger partial charge in [0.2, 0.25) is 0 Å². The van der Waals surface area contributed by atoms with E-state index < -0.39 is 0 Å². The van der Waals surface area contributed by atoms with Crippen molar-refractivity contribution in [2.24, 2.45) is 16.5 Å². The molecule has 0 aromatic heterocycles. The van der Waals surface area contributed by atoms with Gasteiger partial charge in [-0.25, -0.2) is 4.99 Å². The van der Waals surface area contributed by atoms with Crippen molar-refractivity contribution in [3.8, 4) is 0 Å². The molecule has 0 aliphatic rings. The maximum Gasteiger partial charge on any atom is 0.191 e. The van der Waals surface area contributed by atoms with Crippen LogP contribution >= 0.6 is 24.8 Å². The van der Waals surface area contributed by atoms with Crippen LogP contribution in [0.5, 0.6) is 0 Å². The molecule has 1 rings (SSSR count). The minimum absolute atomic E-state index is 0. The van der Waals surface area contributed by atoms with E-state index in [0.29, 0.717) is 0 Å². The topological polar surface area (TPSA) is 67.6 Å². The summed E-state index contributed by atoms with van der Waals surface area (Å²) in [5.74, 6) is 0.0811.